The van der Waals surface area contributed by atoms with E-state index in [2.05, 4.69) is 118 Å². The first-order valence-electron chi connectivity index (χ1n) is 21.7. The van der Waals surface area contributed by atoms with Gasteiger partial charge in [0.2, 0.25) is 0 Å². The van der Waals surface area contributed by atoms with Crippen LogP contribution in [0, 0.1) is 35.5 Å². The molecule has 0 aliphatic carbocycles. The number of ether oxygens (including phenoxy) is 4. The summed E-state index contributed by atoms with van der Waals surface area (Å²) in [7, 11) is 0. The van der Waals surface area contributed by atoms with E-state index in [0.29, 0.717) is 49.4 Å². The summed E-state index contributed by atoms with van der Waals surface area (Å²) in [6.45, 7) is 11.0. The van der Waals surface area contributed by atoms with Gasteiger partial charge in [0, 0.05) is 35.4 Å². The minimum absolute atomic E-state index is 0.568. The fourth-order valence-electron chi connectivity index (χ4n) is 7.07. The van der Waals surface area contributed by atoms with Crippen LogP contribution in [-0.4, -0.2) is 26.4 Å². The van der Waals surface area contributed by atoms with Crippen LogP contribution in [0.3, 0.4) is 0 Å². The van der Waals surface area contributed by atoms with Crippen LogP contribution >= 0.6 is 0 Å². The third-order valence-electron chi connectivity index (χ3n) is 10.5. The lowest BCUT2D eigenvalue weighted by Gasteiger charge is -2.14. The van der Waals surface area contributed by atoms with Crippen molar-refractivity contribution in [3.8, 4) is 58.5 Å². The zero-order chi connectivity index (χ0) is 41.5. The van der Waals surface area contributed by atoms with Crippen molar-refractivity contribution in [2.24, 2.45) is 0 Å². The van der Waals surface area contributed by atoms with Gasteiger partial charge < -0.3 is 18.9 Å². The van der Waals surface area contributed by atoms with Crippen molar-refractivity contribution in [3.05, 3.63) is 143 Å². The molecule has 0 aromatic heterocycles. The summed E-state index contributed by atoms with van der Waals surface area (Å²) in [6, 6.07) is 37.6. The van der Waals surface area contributed by atoms with Crippen molar-refractivity contribution < 1.29 is 18.9 Å². The standard InChI is InChI=1S/C56H54O4/c1-5-9-33-57-51-39-48(52(58-34-10-6-2)37-46(51)22-21-41-17-14-13-15-18-41)29-30-49-40-53(59-35-11-7-3)47(38-54(49)60-36-12-8-4)28-24-42-23-25-45-27-26-43-19-16-20-44-31-32-50(42)56(45)55(43)44/h13-20,23,25-27,31-32,37-40H,5-12,33-36H2,1-4H3. The second kappa shape index (κ2) is 20.9. The highest BCUT2D eigenvalue weighted by atomic mass is 16.5. The Labute approximate surface area is 356 Å². The molecule has 4 nitrogen and oxygen atoms in total. The zero-order valence-electron chi connectivity index (χ0n) is 35.5. The molecule has 0 atom stereocenters. The Bertz CT molecular complexity index is 2710. The quantitative estimate of drug-likeness (QED) is 0.0555. The maximum atomic E-state index is 6.48. The molecular weight excluding hydrogens is 737 g/mol. The van der Waals surface area contributed by atoms with Crippen molar-refractivity contribution >= 4 is 32.3 Å². The molecule has 0 unspecified atom stereocenters. The molecule has 0 amide bonds. The molecule has 0 spiro atoms. The summed E-state index contributed by atoms with van der Waals surface area (Å²) in [5.74, 6) is 23.4. The highest BCUT2D eigenvalue weighted by molar-refractivity contribution is 6.23. The van der Waals surface area contributed by atoms with Crippen LogP contribution in [0.5, 0.6) is 23.0 Å². The summed E-state index contributed by atoms with van der Waals surface area (Å²) < 4.78 is 25.7. The van der Waals surface area contributed by atoms with Gasteiger partial charge in [0.25, 0.3) is 0 Å². The van der Waals surface area contributed by atoms with Gasteiger partial charge in [0.1, 0.15) is 23.0 Å². The van der Waals surface area contributed by atoms with Crippen molar-refractivity contribution in [1.82, 2.24) is 0 Å². The van der Waals surface area contributed by atoms with Crippen molar-refractivity contribution in [1.29, 1.82) is 0 Å². The number of hydrogen-bond acceptors (Lipinski definition) is 4. The fraction of sp³-hybridized carbons (Fsp3) is 0.286. The second-order valence-electron chi connectivity index (χ2n) is 15.1. The van der Waals surface area contributed by atoms with Crippen LogP contribution in [-0.2, 0) is 0 Å². The van der Waals surface area contributed by atoms with E-state index in [1.165, 1.54) is 26.9 Å². The van der Waals surface area contributed by atoms with E-state index in [1.807, 2.05) is 54.6 Å². The molecular formula is C56H54O4. The molecule has 0 bridgehead atoms. The normalized spacial score (nSPS) is 10.7. The highest BCUT2D eigenvalue weighted by Crippen LogP contribution is 2.36. The predicted octanol–water partition coefficient (Wildman–Crippen LogP) is 13.5. The van der Waals surface area contributed by atoms with E-state index < -0.39 is 0 Å². The van der Waals surface area contributed by atoms with Crippen molar-refractivity contribution in [3.63, 3.8) is 0 Å². The van der Waals surface area contributed by atoms with Crippen LogP contribution in [0.1, 0.15) is 112 Å². The topological polar surface area (TPSA) is 36.9 Å². The summed E-state index contributed by atoms with van der Waals surface area (Å²) in [5, 5.41) is 7.36. The van der Waals surface area contributed by atoms with Gasteiger partial charge in [-0.25, -0.2) is 0 Å². The van der Waals surface area contributed by atoms with E-state index in [-0.39, 0.29) is 0 Å². The molecule has 60 heavy (non-hydrogen) atoms. The third kappa shape index (κ3) is 10.2. The highest BCUT2D eigenvalue weighted by Gasteiger charge is 2.15. The molecule has 0 radical (unpaired) electrons. The Balaban J connectivity index is 1.32. The molecule has 7 aromatic rings. The third-order valence-corrected chi connectivity index (χ3v) is 10.5. The number of rotatable bonds is 16. The molecule has 7 aromatic carbocycles. The van der Waals surface area contributed by atoms with Gasteiger partial charge >= 0.3 is 0 Å². The lowest BCUT2D eigenvalue weighted by atomic mass is 9.92. The molecule has 0 aliphatic rings. The molecule has 0 N–H and O–H groups in total. The van der Waals surface area contributed by atoms with Crippen molar-refractivity contribution in [2.75, 3.05) is 26.4 Å². The van der Waals surface area contributed by atoms with Crippen LogP contribution in [0.15, 0.2) is 109 Å². The maximum absolute atomic E-state index is 6.48. The smallest absolute Gasteiger partial charge is 0.136 e. The van der Waals surface area contributed by atoms with Gasteiger partial charge in [-0.2, -0.15) is 0 Å². The van der Waals surface area contributed by atoms with Crippen LogP contribution in [0.4, 0.5) is 0 Å². The molecule has 4 heteroatoms. The molecule has 0 saturated carbocycles. The summed E-state index contributed by atoms with van der Waals surface area (Å²) in [5.41, 5.74) is 4.91. The second-order valence-corrected chi connectivity index (χ2v) is 15.1. The summed E-state index contributed by atoms with van der Waals surface area (Å²) in [6.07, 6.45) is 7.79. The minimum atomic E-state index is 0.568. The molecule has 7 rings (SSSR count). The first kappa shape index (κ1) is 41.6. The molecule has 0 fully saturated rings. The average molecular weight is 791 g/mol. The fourth-order valence-corrected chi connectivity index (χ4v) is 7.07. The SMILES string of the molecule is CCCCOc1cc(C#Cc2cc(OCCCC)c(C#Cc3ccc4ccc5cccc6ccc3c4c56)cc2OCCCC)c(OCCCC)cc1C#Cc1ccccc1. The average Bonchev–Trinajstić information content (AvgIpc) is 3.28. The monoisotopic (exact) mass is 790 g/mol. The zero-order valence-corrected chi connectivity index (χ0v) is 35.5. The Morgan fingerprint density at radius 2 is 0.733 bits per heavy atom. The van der Waals surface area contributed by atoms with E-state index in [1.54, 1.807) is 0 Å². The van der Waals surface area contributed by atoms with Gasteiger partial charge in [-0.15, -0.1) is 0 Å². The van der Waals surface area contributed by atoms with Gasteiger partial charge in [-0.1, -0.05) is 156 Å². The maximum Gasteiger partial charge on any atom is 0.136 e. The Morgan fingerprint density at radius 1 is 0.350 bits per heavy atom. The van der Waals surface area contributed by atoms with Gasteiger partial charge in [-0.3, -0.25) is 0 Å². The molecule has 302 valence electrons. The van der Waals surface area contributed by atoms with E-state index in [0.717, 1.165) is 90.1 Å². The van der Waals surface area contributed by atoms with Crippen molar-refractivity contribution in [2.45, 2.75) is 79.1 Å². The van der Waals surface area contributed by atoms with Gasteiger partial charge in [0.05, 0.1) is 48.7 Å². The Morgan fingerprint density at radius 3 is 1.18 bits per heavy atom. The van der Waals surface area contributed by atoms with Crippen LogP contribution < -0.4 is 18.9 Å². The largest absolute Gasteiger partial charge is 0.492 e. The summed E-state index contributed by atoms with van der Waals surface area (Å²) >= 11 is 0. The number of benzene rings is 7. The Hall–Kier alpha value is -6.54. The number of hydrogen-bond donors (Lipinski definition) is 0. The van der Waals surface area contributed by atoms with Gasteiger partial charge in [-0.05, 0) is 76.2 Å². The Kier molecular flexibility index (Phi) is 14.5. The first-order chi connectivity index (χ1) is 29.6. The van der Waals surface area contributed by atoms with E-state index in [9.17, 15) is 0 Å². The lowest BCUT2D eigenvalue weighted by Crippen LogP contribution is -2.04. The summed E-state index contributed by atoms with van der Waals surface area (Å²) in [4.78, 5) is 0. The van der Waals surface area contributed by atoms with Gasteiger partial charge in [0.15, 0.2) is 0 Å². The van der Waals surface area contributed by atoms with Crippen LogP contribution in [0.25, 0.3) is 32.3 Å². The molecule has 0 aliphatic heterocycles. The predicted molar refractivity (Wildman–Crippen MR) is 249 cm³/mol. The molecule has 0 saturated heterocycles. The van der Waals surface area contributed by atoms with E-state index in [4.69, 9.17) is 18.9 Å². The van der Waals surface area contributed by atoms with Crippen LogP contribution in [0.2, 0.25) is 0 Å². The number of unbranched alkanes of at least 4 members (excludes halogenated alkanes) is 4. The first-order valence-corrected chi connectivity index (χ1v) is 21.7. The van der Waals surface area contributed by atoms with E-state index >= 15 is 0 Å². The minimum Gasteiger partial charge on any atom is -0.492 e. The lowest BCUT2D eigenvalue weighted by molar-refractivity contribution is 0.299. The molecule has 0 heterocycles.